The van der Waals surface area contributed by atoms with Gasteiger partial charge in [-0.1, -0.05) is 36.4 Å². The number of carbonyl (C=O) groups excluding carboxylic acids is 1. The van der Waals surface area contributed by atoms with Gasteiger partial charge in [-0.05, 0) is 83.6 Å². The molecular formula is C35H31FN2O5. The first-order valence-electron chi connectivity index (χ1n) is 14.3. The van der Waals surface area contributed by atoms with E-state index in [4.69, 9.17) is 19.0 Å². The van der Waals surface area contributed by atoms with Crippen LogP contribution in [0.2, 0.25) is 0 Å². The fourth-order valence-electron chi connectivity index (χ4n) is 6.31. The molecule has 0 saturated heterocycles. The maximum atomic E-state index is 13.9. The average Bonchev–Trinajstić information content (AvgIpc) is 3.34. The van der Waals surface area contributed by atoms with Crippen molar-refractivity contribution in [3.8, 4) is 17.2 Å². The zero-order chi connectivity index (χ0) is 29.5. The fourth-order valence-corrected chi connectivity index (χ4v) is 6.31. The van der Waals surface area contributed by atoms with Crippen molar-refractivity contribution >= 4 is 16.9 Å². The predicted octanol–water partition coefficient (Wildman–Crippen LogP) is 6.30. The molecule has 7 nitrogen and oxygen atoms in total. The molecule has 43 heavy (non-hydrogen) atoms. The van der Waals surface area contributed by atoms with Crippen LogP contribution in [-0.2, 0) is 26.0 Å². The standard InChI is InChI=1S/C35H31FN2O5/c1-40-26-11-12-30-28(17-26)29-18-31-27-19-34(42-21-22-7-4-3-5-8-22)33(41-2)16-23(27)13-14-37(31)20-32(29)38(30)43-35(39)24-9-6-10-25(36)15-24/h3-12,15-17,19,31H,13-14,18,20-21H2,1-2H3. The summed E-state index contributed by atoms with van der Waals surface area (Å²) in [6.07, 6.45) is 1.56. The summed E-state index contributed by atoms with van der Waals surface area (Å²) in [5.41, 5.74) is 6.45. The number of carbonyl (C=O) groups is 1. The highest BCUT2D eigenvalue weighted by Gasteiger charge is 2.37. The van der Waals surface area contributed by atoms with Gasteiger partial charge in [0.25, 0.3) is 0 Å². The number of hydrogen-bond donors (Lipinski definition) is 0. The topological polar surface area (TPSA) is 62.2 Å². The van der Waals surface area contributed by atoms with Gasteiger partial charge in [0, 0.05) is 24.5 Å². The summed E-state index contributed by atoms with van der Waals surface area (Å²) in [5, 5.41) is 0.960. The molecule has 1 aromatic heterocycles. The third-order valence-corrected chi connectivity index (χ3v) is 8.46. The van der Waals surface area contributed by atoms with E-state index < -0.39 is 11.8 Å². The zero-order valence-electron chi connectivity index (χ0n) is 24.0. The van der Waals surface area contributed by atoms with E-state index in [1.54, 1.807) is 25.0 Å². The first-order chi connectivity index (χ1) is 21.0. The van der Waals surface area contributed by atoms with Gasteiger partial charge in [-0.2, -0.15) is 4.73 Å². The molecule has 0 fully saturated rings. The maximum Gasteiger partial charge on any atom is 0.363 e. The third-order valence-electron chi connectivity index (χ3n) is 8.46. The van der Waals surface area contributed by atoms with Crippen LogP contribution >= 0.6 is 0 Å². The Balaban J connectivity index is 1.27. The van der Waals surface area contributed by atoms with Crippen LogP contribution in [0, 0.1) is 5.82 Å². The highest BCUT2D eigenvalue weighted by molar-refractivity contribution is 5.92. The summed E-state index contributed by atoms with van der Waals surface area (Å²) in [4.78, 5) is 21.5. The van der Waals surface area contributed by atoms with Crippen molar-refractivity contribution in [1.82, 2.24) is 9.63 Å². The summed E-state index contributed by atoms with van der Waals surface area (Å²) >= 11 is 0. The van der Waals surface area contributed by atoms with Crippen molar-refractivity contribution in [2.24, 2.45) is 0 Å². The van der Waals surface area contributed by atoms with E-state index in [1.807, 2.05) is 48.5 Å². The number of ether oxygens (including phenoxy) is 3. The van der Waals surface area contributed by atoms with E-state index >= 15 is 0 Å². The van der Waals surface area contributed by atoms with E-state index in [0.717, 1.165) is 52.2 Å². The highest BCUT2D eigenvalue weighted by atomic mass is 19.1. The molecule has 4 aromatic carbocycles. The van der Waals surface area contributed by atoms with Crippen LogP contribution in [0.3, 0.4) is 0 Å². The van der Waals surface area contributed by atoms with E-state index in [0.29, 0.717) is 25.3 Å². The van der Waals surface area contributed by atoms with Crippen LogP contribution in [0.1, 0.15) is 44.3 Å². The van der Waals surface area contributed by atoms with Crippen LogP contribution in [0.15, 0.2) is 84.9 Å². The molecule has 7 rings (SSSR count). The summed E-state index contributed by atoms with van der Waals surface area (Å²) in [6, 6.07) is 25.7. The lowest BCUT2D eigenvalue weighted by atomic mass is 9.85. The third kappa shape index (κ3) is 4.97. The molecule has 0 N–H and O–H groups in total. The zero-order valence-corrected chi connectivity index (χ0v) is 24.0. The molecule has 2 aliphatic rings. The highest BCUT2D eigenvalue weighted by Crippen LogP contribution is 2.45. The Hall–Kier alpha value is -4.82. The Labute approximate surface area is 248 Å². The lowest BCUT2D eigenvalue weighted by molar-refractivity contribution is 0.0439. The summed E-state index contributed by atoms with van der Waals surface area (Å²) in [7, 11) is 3.31. The fraction of sp³-hybridized carbons (Fsp3) is 0.229. The molecule has 0 spiro atoms. The quantitative estimate of drug-likeness (QED) is 0.226. The summed E-state index contributed by atoms with van der Waals surface area (Å²) in [6.45, 7) is 1.87. The number of benzene rings is 4. The normalized spacial score (nSPS) is 15.7. The molecule has 3 heterocycles. The first-order valence-corrected chi connectivity index (χ1v) is 14.3. The van der Waals surface area contributed by atoms with Gasteiger partial charge in [0.05, 0.1) is 31.0 Å². The number of rotatable bonds is 7. The van der Waals surface area contributed by atoms with Gasteiger partial charge in [0.15, 0.2) is 11.5 Å². The Morgan fingerprint density at radius 1 is 0.930 bits per heavy atom. The monoisotopic (exact) mass is 578 g/mol. The van der Waals surface area contributed by atoms with Crippen LogP contribution < -0.4 is 19.0 Å². The lowest BCUT2D eigenvalue weighted by Gasteiger charge is -2.41. The van der Waals surface area contributed by atoms with Crippen molar-refractivity contribution in [1.29, 1.82) is 0 Å². The molecular weight excluding hydrogens is 547 g/mol. The molecule has 218 valence electrons. The van der Waals surface area contributed by atoms with E-state index in [1.165, 1.54) is 29.3 Å². The minimum Gasteiger partial charge on any atom is -0.497 e. The van der Waals surface area contributed by atoms with Crippen molar-refractivity contribution in [2.75, 3.05) is 20.8 Å². The van der Waals surface area contributed by atoms with Crippen LogP contribution in [0.5, 0.6) is 17.2 Å². The van der Waals surface area contributed by atoms with Gasteiger partial charge in [0.1, 0.15) is 18.2 Å². The van der Waals surface area contributed by atoms with Gasteiger partial charge in [0.2, 0.25) is 0 Å². The van der Waals surface area contributed by atoms with Crippen molar-refractivity contribution in [2.45, 2.75) is 32.0 Å². The van der Waals surface area contributed by atoms with Gasteiger partial charge in [-0.15, -0.1) is 0 Å². The van der Waals surface area contributed by atoms with Crippen LogP contribution in [0.25, 0.3) is 10.9 Å². The van der Waals surface area contributed by atoms with E-state index in [-0.39, 0.29) is 11.6 Å². The van der Waals surface area contributed by atoms with Crippen LogP contribution in [0.4, 0.5) is 4.39 Å². The first kappa shape index (κ1) is 27.0. The number of aromatic nitrogens is 1. The molecule has 2 aliphatic heterocycles. The second-order valence-corrected chi connectivity index (χ2v) is 10.9. The van der Waals surface area contributed by atoms with Gasteiger partial charge < -0.3 is 19.0 Å². The Morgan fingerprint density at radius 2 is 1.79 bits per heavy atom. The second kappa shape index (κ2) is 11.1. The van der Waals surface area contributed by atoms with Gasteiger partial charge in [-0.3, -0.25) is 4.90 Å². The minimum atomic E-state index is -0.617. The molecule has 0 radical (unpaired) electrons. The molecule has 8 heteroatoms. The summed E-state index contributed by atoms with van der Waals surface area (Å²) in [5.74, 6) is 1.05. The molecule has 1 atom stereocenters. The molecule has 5 aromatic rings. The van der Waals surface area contributed by atoms with E-state index in [9.17, 15) is 9.18 Å². The van der Waals surface area contributed by atoms with Crippen molar-refractivity contribution in [3.05, 3.63) is 124 Å². The SMILES string of the molecule is COc1ccc2c(c1)c1c(n2OC(=O)c2cccc(F)c2)CN2CCc3cc(OC)c(OCc4ccccc4)cc3C2C1. The average molecular weight is 579 g/mol. The number of methoxy groups -OCH3 is 2. The Morgan fingerprint density at radius 3 is 2.58 bits per heavy atom. The second-order valence-electron chi connectivity index (χ2n) is 10.9. The van der Waals surface area contributed by atoms with Crippen LogP contribution in [-0.4, -0.2) is 36.4 Å². The minimum absolute atomic E-state index is 0.102. The number of nitrogens with zero attached hydrogens (tertiary/aromatic N) is 2. The maximum absolute atomic E-state index is 13.9. The van der Waals surface area contributed by atoms with E-state index in [2.05, 4.69) is 17.0 Å². The molecule has 0 amide bonds. The van der Waals surface area contributed by atoms with Crippen molar-refractivity contribution in [3.63, 3.8) is 0 Å². The van der Waals surface area contributed by atoms with Gasteiger partial charge >= 0.3 is 5.97 Å². The molecule has 1 unspecified atom stereocenters. The van der Waals surface area contributed by atoms with Gasteiger partial charge in [-0.25, -0.2) is 9.18 Å². The molecule has 0 bridgehead atoms. The lowest BCUT2D eigenvalue weighted by Crippen LogP contribution is -2.40. The summed E-state index contributed by atoms with van der Waals surface area (Å²) < 4.78 is 33.1. The number of fused-ring (bicyclic) bond motifs is 6. The predicted molar refractivity (Wildman–Crippen MR) is 160 cm³/mol. The Bertz CT molecular complexity index is 1830. The largest absolute Gasteiger partial charge is 0.497 e. The van der Waals surface area contributed by atoms with Crippen molar-refractivity contribution < 1.29 is 28.2 Å². The molecule has 0 saturated carbocycles. The number of hydrogen-bond acceptors (Lipinski definition) is 6. The smallest absolute Gasteiger partial charge is 0.363 e. The Kier molecular flexibility index (Phi) is 6.99. The molecule has 0 aliphatic carbocycles. The number of halogens is 1.